The molecule has 1 saturated heterocycles. The van der Waals surface area contributed by atoms with Gasteiger partial charge >= 0.3 is 0 Å². The van der Waals surface area contributed by atoms with Gasteiger partial charge in [-0.25, -0.2) is 0 Å². The number of nitrogens with zero attached hydrogens (tertiary/aromatic N) is 2. The number of ether oxygens (including phenoxy) is 2. The lowest BCUT2D eigenvalue weighted by molar-refractivity contribution is -0.121. The topological polar surface area (TPSA) is 86.5 Å². The lowest BCUT2D eigenvalue weighted by atomic mass is 10.1. The Balaban J connectivity index is 1.41. The quantitative estimate of drug-likeness (QED) is 0.789. The Morgan fingerprint density at radius 1 is 1.36 bits per heavy atom. The van der Waals surface area contributed by atoms with Crippen LogP contribution < -0.4 is 10.1 Å². The van der Waals surface area contributed by atoms with E-state index in [9.17, 15) is 4.79 Å². The largest absolute Gasteiger partial charge is 0.497 e. The van der Waals surface area contributed by atoms with Crippen molar-refractivity contribution in [3.05, 3.63) is 30.2 Å². The molecule has 1 fully saturated rings. The number of aromatic nitrogens is 2. The van der Waals surface area contributed by atoms with E-state index in [0.29, 0.717) is 43.4 Å². The Morgan fingerprint density at radius 3 is 2.92 bits per heavy atom. The molecule has 1 aliphatic rings. The Bertz CT molecular complexity index is 678. The minimum atomic E-state index is 0.0572. The summed E-state index contributed by atoms with van der Waals surface area (Å²) in [6.07, 6.45) is 2.74. The standard InChI is InChI=1S/C18H23N3O4/c1-23-15-7-5-14(6-8-15)18-20-17(25-21-18)4-2-3-16(22)19-11-13-9-10-24-12-13/h5-8,13H,2-4,9-12H2,1H3,(H,19,22)/t13-/m1/s1. The first-order valence-electron chi connectivity index (χ1n) is 8.56. The van der Waals surface area contributed by atoms with Crippen LogP contribution in [0.2, 0.25) is 0 Å². The van der Waals surface area contributed by atoms with Gasteiger partial charge in [0.05, 0.1) is 13.7 Å². The first kappa shape index (κ1) is 17.4. The molecule has 134 valence electrons. The fourth-order valence-electron chi connectivity index (χ4n) is 2.70. The Labute approximate surface area is 146 Å². The lowest BCUT2D eigenvalue weighted by Gasteiger charge is -2.08. The number of benzene rings is 1. The summed E-state index contributed by atoms with van der Waals surface area (Å²) in [6, 6.07) is 7.47. The number of hydrogen-bond acceptors (Lipinski definition) is 6. The first-order valence-corrected chi connectivity index (χ1v) is 8.56. The van der Waals surface area contributed by atoms with E-state index in [1.165, 1.54) is 0 Å². The third kappa shape index (κ3) is 5.03. The second-order valence-corrected chi connectivity index (χ2v) is 6.13. The molecule has 1 N–H and O–H groups in total. The lowest BCUT2D eigenvalue weighted by Crippen LogP contribution is -2.29. The van der Waals surface area contributed by atoms with Gasteiger partial charge < -0.3 is 19.3 Å². The zero-order chi connectivity index (χ0) is 17.5. The molecule has 1 atom stereocenters. The van der Waals surface area contributed by atoms with Crippen molar-refractivity contribution in [1.29, 1.82) is 0 Å². The molecule has 0 spiro atoms. The highest BCUT2D eigenvalue weighted by Crippen LogP contribution is 2.20. The van der Waals surface area contributed by atoms with E-state index in [1.807, 2.05) is 24.3 Å². The number of rotatable bonds is 8. The molecule has 0 aliphatic carbocycles. The van der Waals surface area contributed by atoms with Gasteiger partial charge in [-0.3, -0.25) is 4.79 Å². The van der Waals surface area contributed by atoms with Crippen LogP contribution in [0, 0.1) is 5.92 Å². The van der Waals surface area contributed by atoms with Crippen molar-refractivity contribution in [2.45, 2.75) is 25.7 Å². The van der Waals surface area contributed by atoms with E-state index in [1.54, 1.807) is 7.11 Å². The summed E-state index contributed by atoms with van der Waals surface area (Å²) in [5.74, 6) is 2.38. The van der Waals surface area contributed by atoms with E-state index >= 15 is 0 Å². The van der Waals surface area contributed by atoms with Crippen LogP contribution in [0.5, 0.6) is 5.75 Å². The van der Waals surface area contributed by atoms with Gasteiger partial charge in [-0.05, 0) is 37.1 Å². The van der Waals surface area contributed by atoms with Gasteiger partial charge in [-0.1, -0.05) is 5.16 Å². The van der Waals surface area contributed by atoms with Gasteiger partial charge in [-0.2, -0.15) is 4.98 Å². The smallest absolute Gasteiger partial charge is 0.226 e. The summed E-state index contributed by atoms with van der Waals surface area (Å²) < 4.78 is 15.7. The second-order valence-electron chi connectivity index (χ2n) is 6.13. The maximum atomic E-state index is 11.8. The number of hydrogen-bond donors (Lipinski definition) is 1. The number of carbonyl (C=O) groups is 1. The normalized spacial score (nSPS) is 16.8. The highest BCUT2D eigenvalue weighted by Gasteiger charge is 2.16. The second kappa shape index (κ2) is 8.62. The summed E-state index contributed by atoms with van der Waals surface area (Å²) in [5, 5.41) is 6.94. The Hall–Kier alpha value is -2.41. The van der Waals surface area contributed by atoms with Gasteiger partial charge in [0.2, 0.25) is 17.6 Å². The third-order valence-electron chi connectivity index (χ3n) is 4.22. The van der Waals surface area contributed by atoms with Crippen molar-refractivity contribution in [2.24, 2.45) is 5.92 Å². The molecular weight excluding hydrogens is 322 g/mol. The van der Waals surface area contributed by atoms with Crippen LogP contribution in [0.15, 0.2) is 28.8 Å². The zero-order valence-electron chi connectivity index (χ0n) is 14.4. The third-order valence-corrected chi connectivity index (χ3v) is 4.22. The number of aryl methyl sites for hydroxylation is 1. The molecule has 2 aromatic rings. The molecule has 7 nitrogen and oxygen atoms in total. The number of nitrogens with one attached hydrogen (secondary N) is 1. The SMILES string of the molecule is COc1ccc(-c2noc(CCCC(=O)NC[C@H]3CCOC3)n2)cc1. The van der Waals surface area contributed by atoms with E-state index in [2.05, 4.69) is 15.5 Å². The van der Waals surface area contributed by atoms with Crippen LogP contribution in [0.1, 0.15) is 25.2 Å². The number of carbonyl (C=O) groups excluding carboxylic acids is 1. The van der Waals surface area contributed by atoms with Gasteiger partial charge in [0.1, 0.15) is 5.75 Å². The molecule has 0 radical (unpaired) electrons. The molecule has 3 rings (SSSR count). The van der Waals surface area contributed by atoms with Gasteiger partial charge in [-0.15, -0.1) is 0 Å². The monoisotopic (exact) mass is 345 g/mol. The summed E-state index contributed by atoms with van der Waals surface area (Å²) in [7, 11) is 1.62. The van der Waals surface area contributed by atoms with Crippen LogP contribution in [0.25, 0.3) is 11.4 Å². The van der Waals surface area contributed by atoms with Crippen LogP contribution in [0.4, 0.5) is 0 Å². The zero-order valence-corrected chi connectivity index (χ0v) is 14.4. The summed E-state index contributed by atoms with van der Waals surface area (Å²) in [6.45, 7) is 2.24. The van der Waals surface area contributed by atoms with E-state index < -0.39 is 0 Å². The molecule has 0 bridgehead atoms. The minimum Gasteiger partial charge on any atom is -0.497 e. The van der Waals surface area contributed by atoms with Crippen molar-refractivity contribution >= 4 is 5.91 Å². The number of methoxy groups -OCH3 is 1. The molecule has 25 heavy (non-hydrogen) atoms. The molecule has 1 aromatic carbocycles. The Kier molecular flexibility index (Phi) is 6.00. The summed E-state index contributed by atoms with van der Waals surface area (Å²) in [5.41, 5.74) is 0.868. The van der Waals surface area contributed by atoms with E-state index in [4.69, 9.17) is 14.0 Å². The molecule has 7 heteroatoms. The van der Waals surface area contributed by atoms with Crippen molar-refractivity contribution in [1.82, 2.24) is 15.5 Å². The van der Waals surface area contributed by atoms with Crippen LogP contribution in [0.3, 0.4) is 0 Å². The van der Waals surface area contributed by atoms with Crippen molar-refractivity contribution in [2.75, 3.05) is 26.9 Å². The average molecular weight is 345 g/mol. The highest BCUT2D eigenvalue weighted by molar-refractivity contribution is 5.75. The van der Waals surface area contributed by atoms with Crippen molar-refractivity contribution < 1.29 is 18.8 Å². The van der Waals surface area contributed by atoms with Crippen LogP contribution in [-0.4, -0.2) is 42.9 Å². The van der Waals surface area contributed by atoms with Crippen molar-refractivity contribution in [3.63, 3.8) is 0 Å². The fraction of sp³-hybridized carbons (Fsp3) is 0.500. The Morgan fingerprint density at radius 2 is 2.20 bits per heavy atom. The fourth-order valence-corrected chi connectivity index (χ4v) is 2.70. The molecule has 1 aromatic heterocycles. The average Bonchev–Trinajstić information content (AvgIpc) is 3.32. The maximum Gasteiger partial charge on any atom is 0.226 e. The summed E-state index contributed by atoms with van der Waals surface area (Å²) >= 11 is 0. The van der Waals surface area contributed by atoms with Gasteiger partial charge in [0.15, 0.2) is 0 Å². The van der Waals surface area contributed by atoms with Gasteiger partial charge in [0.25, 0.3) is 0 Å². The molecule has 0 saturated carbocycles. The van der Waals surface area contributed by atoms with Crippen LogP contribution in [-0.2, 0) is 16.0 Å². The minimum absolute atomic E-state index is 0.0572. The highest BCUT2D eigenvalue weighted by atomic mass is 16.5. The molecule has 2 heterocycles. The predicted molar refractivity (Wildman–Crippen MR) is 91.2 cm³/mol. The van der Waals surface area contributed by atoms with E-state index in [-0.39, 0.29) is 5.91 Å². The van der Waals surface area contributed by atoms with Crippen molar-refractivity contribution in [3.8, 4) is 17.1 Å². The number of amides is 1. The van der Waals surface area contributed by atoms with Gasteiger partial charge in [0, 0.05) is 37.5 Å². The first-order chi connectivity index (χ1) is 12.2. The summed E-state index contributed by atoms with van der Waals surface area (Å²) in [4.78, 5) is 16.2. The predicted octanol–water partition coefficient (Wildman–Crippen LogP) is 2.22. The van der Waals surface area contributed by atoms with E-state index in [0.717, 1.165) is 30.9 Å². The molecule has 0 unspecified atom stereocenters. The molecular formula is C18H23N3O4. The maximum absolute atomic E-state index is 11.8. The molecule has 1 amide bonds. The van der Waals surface area contributed by atoms with Crippen LogP contribution >= 0.6 is 0 Å². The molecule has 1 aliphatic heterocycles.